The van der Waals surface area contributed by atoms with Crippen molar-refractivity contribution in [1.82, 2.24) is 19.6 Å². The summed E-state index contributed by atoms with van der Waals surface area (Å²) in [6, 6.07) is 9.30. The number of nitrogens with one attached hydrogen (secondary N) is 1. The third kappa shape index (κ3) is 3.58. The fourth-order valence-electron chi connectivity index (χ4n) is 2.84. The van der Waals surface area contributed by atoms with Gasteiger partial charge in [-0.05, 0) is 45.0 Å². The van der Waals surface area contributed by atoms with Gasteiger partial charge in [-0.3, -0.25) is 9.48 Å². The first-order chi connectivity index (χ1) is 11.8. The molecule has 2 heterocycles. The Labute approximate surface area is 151 Å². The molecule has 0 saturated carbocycles. The Morgan fingerprint density at radius 3 is 2.44 bits per heavy atom. The molecule has 0 aliphatic rings. The molecule has 3 aromatic rings. The Bertz CT molecular complexity index is 924. The van der Waals surface area contributed by atoms with E-state index in [1.165, 1.54) is 0 Å². The van der Waals surface area contributed by atoms with Crippen LogP contribution in [0, 0.1) is 20.8 Å². The number of aromatic nitrogens is 4. The molecule has 2 aromatic heterocycles. The van der Waals surface area contributed by atoms with Crippen molar-refractivity contribution in [2.45, 2.75) is 27.2 Å². The molecule has 130 valence electrons. The van der Waals surface area contributed by atoms with Gasteiger partial charge in [0.15, 0.2) is 0 Å². The van der Waals surface area contributed by atoms with Gasteiger partial charge in [-0.2, -0.15) is 10.2 Å². The van der Waals surface area contributed by atoms with Crippen LogP contribution in [0.25, 0.3) is 5.69 Å². The Morgan fingerprint density at radius 1 is 1.16 bits per heavy atom. The van der Waals surface area contributed by atoms with E-state index in [2.05, 4.69) is 15.5 Å². The van der Waals surface area contributed by atoms with E-state index in [-0.39, 0.29) is 12.3 Å². The minimum atomic E-state index is -0.0927. The summed E-state index contributed by atoms with van der Waals surface area (Å²) in [4.78, 5) is 12.4. The Kier molecular flexibility index (Phi) is 4.63. The highest BCUT2D eigenvalue weighted by Crippen LogP contribution is 2.20. The van der Waals surface area contributed by atoms with E-state index in [9.17, 15) is 4.79 Å². The maximum absolute atomic E-state index is 12.4. The first kappa shape index (κ1) is 17.2. The number of carbonyl (C=O) groups excluding carboxylic acids is 1. The third-order valence-corrected chi connectivity index (χ3v) is 4.37. The Balaban J connectivity index is 1.82. The largest absolute Gasteiger partial charge is 0.311 e. The lowest BCUT2D eigenvalue weighted by Gasteiger charge is -2.07. The molecule has 25 heavy (non-hydrogen) atoms. The molecule has 0 bridgehead atoms. The number of hydrogen-bond acceptors (Lipinski definition) is 3. The normalized spacial score (nSPS) is 10.9. The second kappa shape index (κ2) is 6.72. The molecule has 0 radical (unpaired) electrons. The number of anilines is 1. The molecule has 0 spiro atoms. The fraction of sp³-hybridized carbons (Fsp3) is 0.278. The van der Waals surface area contributed by atoms with Gasteiger partial charge in [-0.25, -0.2) is 4.68 Å². The topological polar surface area (TPSA) is 64.7 Å². The van der Waals surface area contributed by atoms with Gasteiger partial charge in [-0.15, -0.1) is 0 Å². The highest BCUT2D eigenvalue weighted by atomic mass is 35.5. The highest BCUT2D eigenvalue weighted by molar-refractivity contribution is 6.30. The number of rotatable bonds is 4. The van der Waals surface area contributed by atoms with E-state index < -0.39 is 0 Å². The van der Waals surface area contributed by atoms with Gasteiger partial charge < -0.3 is 5.32 Å². The van der Waals surface area contributed by atoms with Gasteiger partial charge in [0.2, 0.25) is 5.91 Å². The van der Waals surface area contributed by atoms with Crippen molar-refractivity contribution < 1.29 is 4.79 Å². The summed E-state index contributed by atoms with van der Waals surface area (Å²) in [7, 11) is 1.80. The van der Waals surface area contributed by atoms with Gasteiger partial charge in [0, 0.05) is 29.4 Å². The first-order valence-electron chi connectivity index (χ1n) is 7.96. The molecule has 1 N–H and O–H groups in total. The second-order valence-corrected chi connectivity index (χ2v) is 6.49. The lowest BCUT2D eigenvalue weighted by Crippen LogP contribution is -2.17. The van der Waals surface area contributed by atoms with Crippen LogP contribution in [0.2, 0.25) is 5.02 Å². The zero-order valence-corrected chi connectivity index (χ0v) is 15.4. The maximum atomic E-state index is 12.4. The molecule has 1 aromatic carbocycles. The van der Waals surface area contributed by atoms with Crippen LogP contribution in [-0.2, 0) is 18.3 Å². The lowest BCUT2D eigenvalue weighted by molar-refractivity contribution is -0.115. The van der Waals surface area contributed by atoms with Gasteiger partial charge in [0.05, 0.1) is 23.5 Å². The second-order valence-electron chi connectivity index (χ2n) is 6.06. The minimum Gasteiger partial charge on any atom is -0.311 e. The molecule has 7 heteroatoms. The summed E-state index contributed by atoms with van der Waals surface area (Å²) < 4.78 is 3.49. The maximum Gasteiger partial charge on any atom is 0.230 e. The van der Waals surface area contributed by atoms with Crippen molar-refractivity contribution in [1.29, 1.82) is 0 Å². The van der Waals surface area contributed by atoms with Crippen molar-refractivity contribution in [2.75, 3.05) is 5.32 Å². The Morgan fingerprint density at radius 2 is 1.84 bits per heavy atom. The van der Waals surface area contributed by atoms with E-state index in [0.29, 0.717) is 10.8 Å². The minimum absolute atomic E-state index is 0.0927. The molecule has 0 unspecified atom stereocenters. The number of halogens is 1. The third-order valence-electron chi connectivity index (χ3n) is 4.12. The van der Waals surface area contributed by atoms with Crippen molar-refractivity contribution >= 4 is 23.3 Å². The number of nitrogens with zero attached hydrogens (tertiary/aromatic N) is 4. The number of amides is 1. The van der Waals surface area contributed by atoms with E-state index in [4.69, 9.17) is 11.6 Å². The van der Waals surface area contributed by atoms with E-state index in [1.54, 1.807) is 11.7 Å². The molecule has 1 amide bonds. The molecule has 0 aliphatic carbocycles. The van der Waals surface area contributed by atoms with Crippen LogP contribution in [-0.4, -0.2) is 25.5 Å². The fourth-order valence-corrected chi connectivity index (χ4v) is 2.97. The van der Waals surface area contributed by atoms with E-state index in [0.717, 1.165) is 28.3 Å². The van der Waals surface area contributed by atoms with Crippen molar-refractivity contribution in [3.8, 4) is 5.69 Å². The summed E-state index contributed by atoms with van der Waals surface area (Å²) >= 11 is 5.95. The number of benzene rings is 1. The van der Waals surface area contributed by atoms with Gasteiger partial charge in [0.1, 0.15) is 5.82 Å². The van der Waals surface area contributed by atoms with Crippen LogP contribution in [0.1, 0.15) is 22.6 Å². The molecule has 3 rings (SSSR count). The molecule has 6 nitrogen and oxygen atoms in total. The van der Waals surface area contributed by atoms with Crippen LogP contribution < -0.4 is 5.32 Å². The molecule has 0 atom stereocenters. The smallest absolute Gasteiger partial charge is 0.230 e. The Hall–Kier alpha value is -2.60. The van der Waals surface area contributed by atoms with Crippen molar-refractivity contribution in [2.24, 2.45) is 7.05 Å². The van der Waals surface area contributed by atoms with Crippen molar-refractivity contribution in [3.63, 3.8) is 0 Å². The van der Waals surface area contributed by atoms with Crippen LogP contribution in [0.4, 0.5) is 5.82 Å². The number of carbonyl (C=O) groups is 1. The van der Waals surface area contributed by atoms with Gasteiger partial charge >= 0.3 is 0 Å². The molecule has 0 fully saturated rings. The van der Waals surface area contributed by atoms with Crippen LogP contribution in [0.5, 0.6) is 0 Å². The zero-order chi connectivity index (χ0) is 18.1. The van der Waals surface area contributed by atoms with Crippen molar-refractivity contribution in [3.05, 3.63) is 58.0 Å². The number of aryl methyl sites for hydroxylation is 3. The van der Waals surface area contributed by atoms with Crippen LogP contribution in [0.15, 0.2) is 30.3 Å². The molecular weight excluding hydrogens is 338 g/mol. The average molecular weight is 358 g/mol. The quantitative estimate of drug-likeness (QED) is 0.778. The summed E-state index contributed by atoms with van der Waals surface area (Å²) in [5.41, 5.74) is 4.48. The monoisotopic (exact) mass is 357 g/mol. The van der Waals surface area contributed by atoms with Crippen LogP contribution in [0.3, 0.4) is 0 Å². The summed E-state index contributed by atoms with van der Waals surface area (Å²) in [6.45, 7) is 5.77. The van der Waals surface area contributed by atoms with E-state index >= 15 is 0 Å². The summed E-state index contributed by atoms with van der Waals surface area (Å²) in [6.07, 6.45) is 0.259. The molecular formula is C18H20ClN5O. The van der Waals surface area contributed by atoms with Gasteiger partial charge in [0.25, 0.3) is 0 Å². The summed E-state index contributed by atoms with van der Waals surface area (Å²) in [5.74, 6) is 0.591. The zero-order valence-electron chi connectivity index (χ0n) is 14.7. The summed E-state index contributed by atoms with van der Waals surface area (Å²) in [5, 5.41) is 12.4. The first-order valence-corrected chi connectivity index (χ1v) is 8.34. The van der Waals surface area contributed by atoms with Gasteiger partial charge in [-0.1, -0.05) is 11.6 Å². The van der Waals surface area contributed by atoms with Crippen LogP contribution >= 0.6 is 11.6 Å². The predicted octanol–water partition coefficient (Wildman–Crippen LogP) is 3.37. The van der Waals surface area contributed by atoms with E-state index in [1.807, 2.05) is 55.8 Å². The SMILES string of the molecule is Cc1cc(NC(=O)Cc2c(C)nn(-c3ccc(Cl)cc3)c2C)n(C)n1. The highest BCUT2D eigenvalue weighted by Gasteiger charge is 2.17. The molecule has 0 aliphatic heterocycles. The standard InChI is InChI=1S/C18H20ClN5O/c1-11-9-17(23(4)21-11)20-18(25)10-16-12(2)22-24(13(16)3)15-7-5-14(19)6-8-15/h5-9H,10H2,1-4H3,(H,20,25). The lowest BCUT2D eigenvalue weighted by atomic mass is 10.1. The average Bonchev–Trinajstić information content (AvgIpc) is 3.01. The number of hydrogen-bond donors (Lipinski definition) is 1. The predicted molar refractivity (Wildman–Crippen MR) is 98.3 cm³/mol. The molecule has 0 saturated heterocycles.